The summed E-state index contributed by atoms with van der Waals surface area (Å²) in [6, 6.07) is 0. The molecule has 0 fully saturated rings. The molecule has 0 aromatic rings. The number of hydrogen-bond acceptors (Lipinski definition) is 3. The molecule has 0 saturated heterocycles. The Labute approximate surface area is 83.7 Å². The van der Waals surface area contributed by atoms with Crippen molar-refractivity contribution in [2.24, 2.45) is 9.98 Å². The van der Waals surface area contributed by atoms with Gasteiger partial charge >= 0.3 is 0 Å². The van der Waals surface area contributed by atoms with E-state index in [1.807, 2.05) is 0 Å². The standard InChI is InChI=1S/C9H17N3O2/c1-5(7(3)13)11-9(10)12-6(2)8(4)14/h7-8,10,13-14H,1-4H3. The first kappa shape index (κ1) is 12.9. The molecule has 0 spiro atoms. The molecule has 0 bridgehead atoms. The summed E-state index contributed by atoms with van der Waals surface area (Å²) in [7, 11) is 0. The van der Waals surface area contributed by atoms with Gasteiger partial charge in [0.25, 0.3) is 0 Å². The molecule has 0 aromatic carbocycles. The maximum atomic E-state index is 9.09. The first-order valence-electron chi connectivity index (χ1n) is 4.39. The Hall–Kier alpha value is -1.07. The van der Waals surface area contributed by atoms with Crippen LogP contribution in [0.25, 0.3) is 0 Å². The number of nitrogens with one attached hydrogen (secondary N) is 1. The highest BCUT2D eigenvalue weighted by atomic mass is 16.3. The minimum atomic E-state index is -0.683. The zero-order valence-electron chi connectivity index (χ0n) is 8.94. The quantitative estimate of drug-likeness (QED) is 0.449. The Bertz CT molecular complexity index is 241. The first-order valence-corrected chi connectivity index (χ1v) is 4.39. The Balaban J connectivity index is 4.52. The van der Waals surface area contributed by atoms with Crippen LogP contribution in [0.1, 0.15) is 27.7 Å². The van der Waals surface area contributed by atoms with Crippen LogP contribution in [0.5, 0.6) is 0 Å². The minimum absolute atomic E-state index is 0.207. The summed E-state index contributed by atoms with van der Waals surface area (Å²) in [6.45, 7) is 6.37. The van der Waals surface area contributed by atoms with Crippen molar-refractivity contribution in [1.29, 1.82) is 5.41 Å². The molecule has 0 aliphatic heterocycles. The fourth-order valence-electron chi connectivity index (χ4n) is 0.546. The Morgan fingerprint density at radius 1 is 1.00 bits per heavy atom. The van der Waals surface area contributed by atoms with Crippen molar-refractivity contribution in [3.63, 3.8) is 0 Å². The van der Waals surface area contributed by atoms with Crippen molar-refractivity contribution >= 4 is 17.4 Å². The Kier molecular flexibility index (Phi) is 5.19. The number of aliphatic hydroxyl groups excluding tert-OH is 2. The third-order valence-corrected chi connectivity index (χ3v) is 1.77. The summed E-state index contributed by atoms with van der Waals surface area (Å²) in [5.74, 6) is -0.207. The second-order valence-corrected chi connectivity index (χ2v) is 3.18. The van der Waals surface area contributed by atoms with Crippen LogP contribution in [0, 0.1) is 5.41 Å². The van der Waals surface area contributed by atoms with Crippen LogP contribution in [0.3, 0.4) is 0 Å². The van der Waals surface area contributed by atoms with Gasteiger partial charge in [-0.15, -0.1) is 0 Å². The maximum absolute atomic E-state index is 9.09. The van der Waals surface area contributed by atoms with Gasteiger partial charge in [-0.1, -0.05) is 0 Å². The highest BCUT2D eigenvalue weighted by Gasteiger charge is 2.03. The zero-order valence-corrected chi connectivity index (χ0v) is 8.94. The van der Waals surface area contributed by atoms with Gasteiger partial charge in [-0.25, -0.2) is 9.98 Å². The molecule has 3 N–H and O–H groups in total. The zero-order chi connectivity index (χ0) is 11.3. The monoisotopic (exact) mass is 199 g/mol. The molecule has 0 radical (unpaired) electrons. The van der Waals surface area contributed by atoms with Crippen LogP contribution in [0.15, 0.2) is 9.98 Å². The second-order valence-electron chi connectivity index (χ2n) is 3.18. The molecule has 5 nitrogen and oxygen atoms in total. The molecule has 0 aromatic heterocycles. The van der Waals surface area contributed by atoms with Gasteiger partial charge in [-0.3, -0.25) is 5.41 Å². The average molecular weight is 199 g/mol. The fourth-order valence-corrected chi connectivity index (χ4v) is 0.546. The molecule has 0 heterocycles. The molecule has 2 unspecified atom stereocenters. The van der Waals surface area contributed by atoms with E-state index in [0.29, 0.717) is 11.4 Å². The van der Waals surface area contributed by atoms with Crippen molar-refractivity contribution in [1.82, 2.24) is 0 Å². The van der Waals surface area contributed by atoms with Crippen molar-refractivity contribution in [2.45, 2.75) is 39.9 Å². The number of aliphatic hydroxyl groups is 2. The second kappa shape index (κ2) is 5.62. The molecule has 0 saturated carbocycles. The van der Waals surface area contributed by atoms with Crippen LogP contribution in [0.2, 0.25) is 0 Å². The minimum Gasteiger partial charge on any atom is -0.387 e. The highest BCUT2D eigenvalue weighted by molar-refractivity contribution is 6.02. The molecule has 14 heavy (non-hydrogen) atoms. The van der Waals surface area contributed by atoms with Gasteiger partial charge in [-0.05, 0) is 27.7 Å². The third-order valence-electron chi connectivity index (χ3n) is 1.77. The van der Waals surface area contributed by atoms with Gasteiger partial charge < -0.3 is 10.2 Å². The summed E-state index contributed by atoms with van der Waals surface area (Å²) in [4.78, 5) is 7.50. The van der Waals surface area contributed by atoms with E-state index >= 15 is 0 Å². The van der Waals surface area contributed by atoms with E-state index in [9.17, 15) is 0 Å². The van der Waals surface area contributed by atoms with E-state index < -0.39 is 12.2 Å². The lowest BCUT2D eigenvalue weighted by Gasteiger charge is -2.04. The Morgan fingerprint density at radius 2 is 1.29 bits per heavy atom. The maximum Gasteiger partial charge on any atom is 0.241 e. The molecular weight excluding hydrogens is 182 g/mol. The van der Waals surface area contributed by atoms with E-state index in [1.54, 1.807) is 27.7 Å². The number of guanidine groups is 1. The van der Waals surface area contributed by atoms with E-state index in [0.717, 1.165) is 0 Å². The fraction of sp³-hybridized carbons (Fsp3) is 0.667. The predicted molar refractivity (Wildman–Crippen MR) is 57.3 cm³/mol. The molecule has 0 aliphatic carbocycles. The van der Waals surface area contributed by atoms with Crippen LogP contribution < -0.4 is 0 Å². The van der Waals surface area contributed by atoms with Gasteiger partial charge in [0, 0.05) is 11.4 Å². The normalized spacial score (nSPS) is 17.9. The van der Waals surface area contributed by atoms with Crippen LogP contribution in [-0.2, 0) is 0 Å². The van der Waals surface area contributed by atoms with Crippen LogP contribution in [-0.4, -0.2) is 39.8 Å². The molecule has 0 aliphatic rings. The summed E-state index contributed by atoms with van der Waals surface area (Å²) >= 11 is 0. The lowest BCUT2D eigenvalue weighted by Crippen LogP contribution is -2.16. The van der Waals surface area contributed by atoms with Crippen molar-refractivity contribution in [2.75, 3.05) is 0 Å². The number of aliphatic imine (C=N–C) groups is 2. The van der Waals surface area contributed by atoms with E-state index in [2.05, 4.69) is 9.98 Å². The lowest BCUT2D eigenvalue weighted by molar-refractivity contribution is 0.261. The SMILES string of the molecule is CC(=NC(=N)N=C(C)C(C)O)C(C)O. The van der Waals surface area contributed by atoms with Gasteiger partial charge in [0.05, 0.1) is 12.2 Å². The number of hydrogen-bond donors (Lipinski definition) is 3. The summed E-state index contributed by atoms with van der Waals surface area (Å²) in [5.41, 5.74) is 0.856. The summed E-state index contributed by atoms with van der Waals surface area (Å²) in [5, 5.41) is 25.5. The average Bonchev–Trinajstić information content (AvgIpc) is 2.03. The predicted octanol–water partition coefficient (Wildman–Crippen LogP) is 0.605. The molecule has 0 rings (SSSR count). The molecule has 5 heteroatoms. The molecular formula is C9H17N3O2. The third kappa shape index (κ3) is 4.84. The molecule has 80 valence electrons. The molecule has 0 amide bonds. The number of nitrogens with zero attached hydrogens (tertiary/aromatic N) is 2. The molecule has 2 atom stereocenters. The number of rotatable bonds is 2. The lowest BCUT2D eigenvalue weighted by atomic mass is 10.3. The van der Waals surface area contributed by atoms with Gasteiger partial charge in [0.1, 0.15) is 0 Å². The van der Waals surface area contributed by atoms with E-state index in [1.165, 1.54) is 0 Å². The Morgan fingerprint density at radius 3 is 1.50 bits per heavy atom. The van der Waals surface area contributed by atoms with Gasteiger partial charge in [0.2, 0.25) is 5.96 Å². The van der Waals surface area contributed by atoms with E-state index in [4.69, 9.17) is 15.6 Å². The van der Waals surface area contributed by atoms with Crippen LogP contribution >= 0.6 is 0 Å². The summed E-state index contributed by atoms with van der Waals surface area (Å²) < 4.78 is 0. The topological polar surface area (TPSA) is 89.0 Å². The van der Waals surface area contributed by atoms with Crippen molar-refractivity contribution < 1.29 is 10.2 Å². The van der Waals surface area contributed by atoms with Crippen LogP contribution in [0.4, 0.5) is 0 Å². The largest absolute Gasteiger partial charge is 0.387 e. The highest BCUT2D eigenvalue weighted by Crippen LogP contribution is 1.93. The van der Waals surface area contributed by atoms with Gasteiger partial charge in [-0.2, -0.15) is 0 Å². The smallest absolute Gasteiger partial charge is 0.241 e. The van der Waals surface area contributed by atoms with Gasteiger partial charge in [0.15, 0.2) is 0 Å². The van der Waals surface area contributed by atoms with Crippen molar-refractivity contribution in [3.8, 4) is 0 Å². The van der Waals surface area contributed by atoms with Crippen molar-refractivity contribution in [3.05, 3.63) is 0 Å². The van der Waals surface area contributed by atoms with E-state index in [-0.39, 0.29) is 5.96 Å². The first-order chi connectivity index (χ1) is 6.34. The summed E-state index contributed by atoms with van der Waals surface area (Å²) in [6.07, 6.45) is -1.37.